The lowest BCUT2D eigenvalue weighted by molar-refractivity contribution is -0.126. The Kier molecular flexibility index (Phi) is 6.25. The Morgan fingerprint density at radius 1 is 1.32 bits per heavy atom. The van der Waals surface area contributed by atoms with Crippen molar-refractivity contribution in [3.05, 3.63) is 35.6 Å². The van der Waals surface area contributed by atoms with E-state index >= 15 is 0 Å². The van der Waals surface area contributed by atoms with Gasteiger partial charge in [-0.15, -0.1) is 12.4 Å². The molecular formula is C14H20ClFN2O. The normalized spacial score (nSPS) is 22.4. The first-order chi connectivity index (χ1) is 8.65. The summed E-state index contributed by atoms with van der Waals surface area (Å²) in [7, 11) is 0. The molecule has 2 atom stereocenters. The number of benzene rings is 1. The second kappa shape index (κ2) is 7.46. The quantitative estimate of drug-likeness (QED) is 0.896. The molecule has 1 aliphatic carbocycles. The van der Waals surface area contributed by atoms with Gasteiger partial charge in [0.15, 0.2) is 0 Å². The van der Waals surface area contributed by atoms with Crippen molar-refractivity contribution in [2.75, 3.05) is 0 Å². The summed E-state index contributed by atoms with van der Waals surface area (Å²) in [6.07, 6.45) is 3.73. The highest BCUT2D eigenvalue weighted by Crippen LogP contribution is 2.23. The van der Waals surface area contributed by atoms with E-state index in [1.807, 2.05) is 0 Å². The summed E-state index contributed by atoms with van der Waals surface area (Å²) in [6.45, 7) is 0.449. The van der Waals surface area contributed by atoms with Crippen LogP contribution in [0.1, 0.15) is 31.2 Å². The minimum Gasteiger partial charge on any atom is -0.352 e. The molecule has 0 aromatic heterocycles. The Labute approximate surface area is 119 Å². The van der Waals surface area contributed by atoms with Crippen LogP contribution in [0.2, 0.25) is 0 Å². The number of halogens is 2. The summed E-state index contributed by atoms with van der Waals surface area (Å²) < 4.78 is 12.7. The number of carbonyl (C=O) groups is 1. The van der Waals surface area contributed by atoms with Crippen LogP contribution in [0.15, 0.2) is 24.3 Å². The van der Waals surface area contributed by atoms with Gasteiger partial charge in [0.1, 0.15) is 5.82 Å². The molecule has 106 valence electrons. The van der Waals surface area contributed by atoms with E-state index in [1.54, 1.807) is 12.1 Å². The molecule has 1 amide bonds. The molecule has 2 rings (SSSR count). The molecule has 0 bridgehead atoms. The van der Waals surface area contributed by atoms with Crippen LogP contribution >= 0.6 is 12.4 Å². The Morgan fingerprint density at radius 2 is 2.00 bits per heavy atom. The third-order valence-electron chi connectivity index (χ3n) is 3.47. The number of amides is 1. The highest BCUT2D eigenvalue weighted by atomic mass is 35.5. The van der Waals surface area contributed by atoms with Crippen molar-refractivity contribution in [3.8, 4) is 0 Å². The van der Waals surface area contributed by atoms with Gasteiger partial charge < -0.3 is 11.1 Å². The molecule has 1 saturated carbocycles. The predicted molar refractivity (Wildman–Crippen MR) is 75.4 cm³/mol. The van der Waals surface area contributed by atoms with Gasteiger partial charge in [0, 0.05) is 18.5 Å². The lowest BCUT2D eigenvalue weighted by atomic mass is 9.85. The smallest absolute Gasteiger partial charge is 0.223 e. The molecule has 0 heterocycles. The summed E-state index contributed by atoms with van der Waals surface area (Å²) >= 11 is 0. The van der Waals surface area contributed by atoms with Gasteiger partial charge in [0.05, 0.1) is 0 Å². The number of nitrogens with one attached hydrogen (secondary N) is 1. The van der Waals surface area contributed by atoms with Crippen LogP contribution in [-0.2, 0) is 11.3 Å². The number of carbonyl (C=O) groups excluding carboxylic acids is 1. The minimum atomic E-state index is -0.261. The molecule has 3 nitrogen and oxygen atoms in total. The van der Waals surface area contributed by atoms with Crippen molar-refractivity contribution in [2.45, 2.75) is 38.3 Å². The fraction of sp³-hybridized carbons (Fsp3) is 0.500. The van der Waals surface area contributed by atoms with Gasteiger partial charge in [-0.25, -0.2) is 4.39 Å². The molecule has 1 aromatic carbocycles. The lowest BCUT2D eigenvalue weighted by Crippen LogP contribution is -2.37. The summed E-state index contributed by atoms with van der Waals surface area (Å²) in [4.78, 5) is 11.9. The molecule has 1 aromatic rings. The van der Waals surface area contributed by atoms with Gasteiger partial charge in [-0.1, -0.05) is 18.6 Å². The number of hydrogen-bond acceptors (Lipinski definition) is 2. The standard InChI is InChI=1S/C14H19FN2O.ClH/c15-12-6-4-10(5-7-12)9-17-14(18)11-2-1-3-13(16)8-11;/h4-7,11,13H,1-3,8-9,16H2,(H,17,18);1H. The van der Waals surface area contributed by atoms with Crippen LogP contribution in [0.25, 0.3) is 0 Å². The van der Waals surface area contributed by atoms with E-state index in [4.69, 9.17) is 5.73 Å². The summed E-state index contributed by atoms with van der Waals surface area (Å²) in [5.74, 6) is -0.160. The molecule has 1 aliphatic rings. The molecule has 19 heavy (non-hydrogen) atoms. The average Bonchev–Trinajstić information content (AvgIpc) is 2.38. The van der Waals surface area contributed by atoms with Crippen molar-refractivity contribution in [2.24, 2.45) is 11.7 Å². The fourth-order valence-electron chi connectivity index (χ4n) is 2.40. The zero-order chi connectivity index (χ0) is 13.0. The van der Waals surface area contributed by atoms with Crippen molar-refractivity contribution < 1.29 is 9.18 Å². The van der Waals surface area contributed by atoms with Crippen molar-refractivity contribution in [1.29, 1.82) is 0 Å². The van der Waals surface area contributed by atoms with Crippen LogP contribution in [0.3, 0.4) is 0 Å². The maximum absolute atomic E-state index is 12.7. The van der Waals surface area contributed by atoms with Crippen LogP contribution in [0.5, 0.6) is 0 Å². The summed E-state index contributed by atoms with van der Waals surface area (Å²) in [5, 5.41) is 2.89. The first kappa shape index (κ1) is 15.9. The van der Waals surface area contributed by atoms with E-state index in [1.165, 1.54) is 12.1 Å². The maximum atomic E-state index is 12.7. The Balaban J connectivity index is 0.00000180. The van der Waals surface area contributed by atoms with E-state index in [-0.39, 0.29) is 36.1 Å². The van der Waals surface area contributed by atoms with Crippen LogP contribution in [-0.4, -0.2) is 11.9 Å². The van der Waals surface area contributed by atoms with E-state index in [0.717, 1.165) is 31.2 Å². The molecule has 5 heteroatoms. The number of nitrogens with two attached hydrogens (primary N) is 1. The SMILES string of the molecule is Cl.NC1CCCC(C(=O)NCc2ccc(F)cc2)C1. The monoisotopic (exact) mass is 286 g/mol. The van der Waals surface area contributed by atoms with Crippen molar-refractivity contribution in [1.82, 2.24) is 5.32 Å². The number of rotatable bonds is 3. The molecular weight excluding hydrogens is 267 g/mol. The molecule has 0 aliphatic heterocycles. The van der Waals surface area contributed by atoms with Gasteiger partial charge >= 0.3 is 0 Å². The minimum absolute atomic E-state index is 0. The van der Waals surface area contributed by atoms with Crippen molar-refractivity contribution >= 4 is 18.3 Å². The van der Waals surface area contributed by atoms with Crippen LogP contribution in [0.4, 0.5) is 4.39 Å². The van der Waals surface area contributed by atoms with Gasteiger partial charge in [-0.05, 0) is 37.0 Å². The third kappa shape index (κ3) is 4.80. The van der Waals surface area contributed by atoms with Crippen LogP contribution in [0, 0.1) is 11.7 Å². The fourth-order valence-corrected chi connectivity index (χ4v) is 2.40. The molecule has 1 fully saturated rings. The van der Waals surface area contributed by atoms with E-state index in [0.29, 0.717) is 6.54 Å². The highest BCUT2D eigenvalue weighted by molar-refractivity contribution is 5.85. The number of hydrogen-bond donors (Lipinski definition) is 2. The van der Waals surface area contributed by atoms with Gasteiger partial charge in [-0.2, -0.15) is 0 Å². The first-order valence-corrected chi connectivity index (χ1v) is 6.43. The summed E-state index contributed by atoms with van der Waals surface area (Å²) in [5.41, 5.74) is 6.77. The Bertz CT molecular complexity index is 410. The molecule has 0 spiro atoms. The second-order valence-corrected chi connectivity index (χ2v) is 4.97. The predicted octanol–water partition coefficient (Wildman–Crippen LogP) is 2.38. The van der Waals surface area contributed by atoms with E-state index in [2.05, 4.69) is 5.32 Å². The van der Waals surface area contributed by atoms with Crippen LogP contribution < -0.4 is 11.1 Å². The van der Waals surface area contributed by atoms with Gasteiger partial charge in [0.25, 0.3) is 0 Å². The van der Waals surface area contributed by atoms with Gasteiger partial charge in [0.2, 0.25) is 5.91 Å². The van der Waals surface area contributed by atoms with Gasteiger partial charge in [-0.3, -0.25) is 4.79 Å². The maximum Gasteiger partial charge on any atom is 0.223 e. The Hall–Kier alpha value is -1.13. The Morgan fingerprint density at radius 3 is 2.63 bits per heavy atom. The zero-order valence-electron chi connectivity index (χ0n) is 10.8. The second-order valence-electron chi connectivity index (χ2n) is 4.97. The zero-order valence-corrected chi connectivity index (χ0v) is 11.6. The largest absolute Gasteiger partial charge is 0.352 e. The molecule has 3 N–H and O–H groups in total. The highest BCUT2D eigenvalue weighted by Gasteiger charge is 2.24. The molecule has 0 radical (unpaired) electrons. The lowest BCUT2D eigenvalue weighted by Gasteiger charge is -2.25. The first-order valence-electron chi connectivity index (χ1n) is 6.43. The van der Waals surface area contributed by atoms with Crippen molar-refractivity contribution in [3.63, 3.8) is 0 Å². The topological polar surface area (TPSA) is 55.1 Å². The molecule has 2 unspecified atom stereocenters. The summed E-state index contributed by atoms with van der Waals surface area (Å²) in [6, 6.07) is 6.32. The molecule has 0 saturated heterocycles. The van der Waals surface area contributed by atoms with E-state index < -0.39 is 0 Å². The van der Waals surface area contributed by atoms with E-state index in [9.17, 15) is 9.18 Å². The average molecular weight is 287 g/mol. The third-order valence-corrected chi connectivity index (χ3v) is 3.47.